The fourth-order valence-corrected chi connectivity index (χ4v) is 1.64. The van der Waals surface area contributed by atoms with Crippen LogP contribution in [-0.2, 0) is 0 Å². The number of aromatic amines is 1. The van der Waals surface area contributed by atoms with Gasteiger partial charge in [0.1, 0.15) is 5.69 Å². The maximum Gasteiger partial charge on any atom is 0.274 e. The lowest BCUT2D eigenvalue weighted by Gasteiger charge is -1.96. The summed E-state index contributed by atoms with van der Waals surface area (Å²) in [6, 6.07) is 12.8. The van der Waals surface area contributed by atoms with E-state index in [9.17, 15) is 4.79 Å². The van der Waals surface area contributed by atoms with Crippen LogP contribution in [0.5, 0.6) is 0 Å². The molecule has 0 unspecified atom stereocenters. The molecule has 0 aliphatic carbocycles. The van der Waals surface area contributed by atoms with Gasteiger partial charge in [0.2, 0.25) is 0 Å². The molecular weight excluding hydrogens is 244 g/mol. The number of aromatic nitrogens is 3. The molecule has 0 fully saturated rings. The third-order valence-corrected chi connectivity index (χ3v) is 2.56. The second-order valence-corrected chi connectivity index (χ2v) is 3.87. The number of benzene rings is 1. The first-order chi connectivity index (χ1) is 9.33. The van der Waals surface area contributed by atoms with E-state index in [1.54, 1.807) is 12.1 Å². The van der Waals surface area contributed by atoms with Crippen LogP contribution in [0.1, 0.15) is 10.5 Å². The molecule has 2 N–H and O–H groups in total. The largest absolute Gasteiger partial charge is 0.354 e. The number of carbonyl (C=O) groups is 1. The van der Waals surface area contributed by atoms with Crippen molar-refractivity contribution in [3.8, 4) is 11.3 Å². The monoisotopic (exact) mass is 254 g/mol. The van der Waals surface area contributed by atoms with Crippen LogP contribution in [0.15, 0.2) is 53.2 Å². The van der Waals surface area contributed by atoms with Crippen LogP contribution in [0.4, 0.5) is 5.82 Å². The molecule has 0 radical (unpaired) electrons. The molecule has 1 aromatic carbocycles. The third kappa shape index (κ3) is 2.37. The molecule has 0 aliphatic heterocycles. The van der Waals surface area contributed by atoms with E-state index in [2.05, 4.69) is 20.7 Å². The predicted octanol–water partition coefficient (Wildman–Crippen LogP) is 2.32. The summed E-state index contributed by atoms with van der Waals surface area (Å²) in [6.45, 7) is 0. The lowest BCUT2D eigenvalue weighted by atomic mass is 10.2. The Morgan fingerprint density at radius 3 is 2.79 bits per heavy atom. The van der Waals surface area contributed by atoms with Crippen molar-refractivity contribution in [2.45, 2.75) is 0 Å². The van der Waals surface area contributed by atoms with Crippen molar-refractivity contribution in [1.29, 1.82) is 0 Å². The number of H-pyrrole nitrogens is 1. The summed E-state index contributed by atoms with van der Waals surface area (Å²) in [7, 11) is 0. The quantitative estimate of drug-likeness (QED) is 0.751. The Balaban J connectivity index is 1.77. The van der Waals surface area contributed by atoms with Crippen LogP contribution in [0, 0.1) is 0 Å². The van der Waals surface area contributed by atoms with Crippen molar-refractivity contribution < 1.29 is 9.32 Å². The van der Waals surface area contributed by atoms with Gasteiger partial charge in [-0.1, -0.05) is 35.5 Å². The van der Waals surface area contributed by atoms with Crippen molar-refractivity contribution in [2.24, 2.45) is 0 Å². The topological polar surface area (TPSA) is 83.8 Å². The normalized spacial score (nSPS) is 10.3. The van der Waals surface area contributed by atoms with Crippen molar-refractivity contribution in [3.63, 3.8) is 0 Å². The molecule has 0 aliphatic rings. The SMILES string of the molecule is O=C(Nc1cc(-c2ccccc2)on1)c1ccn[nH]1. The average molecular weight is 254 g/mol. The zero-order valence-corrected chi connectivity index (χ0v) is 9.83. The van der Waals surface area contributed by atoms with Gasteiger partial charge in [0, 0.05) is 17.8 Å². The molecule has 6 nitrogen and oxygen atoms in total. The second kappa shape index (κ2) is 4.77. The van der Waals surface area contributed by atoms with E-state index in [-0.39, 0.29) is 5.91 Å². The standard InChI is InChI=1S/C13H10N4O2/c18-13(10-6-7-14-16-10)15-12-8-11(19-17-12)9-4-2-1-3-5-9/h1-8H,(H,14,16)(H,15,17,18). The number of nitrogens with one attached hydrogen (secondary N) is 2. The van der Waals surface area contributed by atoms with Gasteiger partial charge in [0.15, 0.2) is 11.6 Å². The summed E-state index contributed by atoms with van der Waals surface area (Å²) in [4.78, 5) is 11.8. The Morgan fingerprint density at radius 1 is 1.21 bits per heavy atom. The summed E-state index contributed by atoms with van der Waals surface area (Å²) in [5, 5.41) is 12.7. The van der Waals surface area contributed by atoms with Crippen molar-refractivity contribution in [1.82, 2.24) is 15.4 Å². The molecule has 1 amide bonds. The Morgan fingerprint density at radius 2 is 2.05 bits per heavy atom. The minimum atomic E-state index is -0.314. The molecule has 94 valence electrons. The lowest BCUT2D eigenvalue weighted by molar-refractivity contribution is 0.102. The van der Waals surface area contributed by atoms with Crippen LogP contribution in [0.25, 0.3) is 11.3 Å². The van der Waals surface area contributed by atoms with E-state index in [0.717, 1.165) is 5.56 Å². The molecule has 0 bridgehead atoms. The van der Waals surface area contributed by atoms with Gasteiger partial charge in [-0.15, -0.1) is 0 Å². The van der Waals surface area contributed by atoms with Crippen molar-refractivity contribution in [2.75, 3.05) is 5.32 Å². The Labute approximate surface area is 108 Å². The number of hydrogen-bond donors (Lipinski definition) is 2. The van der Waals surface area contributed by atoms with Crippen LogP contribution in [0.2, 0.25) is 0 Å². The van der Waals surface area contributed by atoms with E-state index in [1.165, 1.54) is 6.20 Å². The van der Waals surface area contributed by atoms with Gasteiger partial charge in [-0.05, 0) is 6.07 Å². The highest BCUT2D eigenvalue weighted by Gasteiger charge is 2.11. The average Bonchev–Trinajstić information content (AvgIpc) is 3.11. The minimum absolute atomic E-state index is 0.314. The molecule has 0 saturated heterocycles. The van der Waals surface area contributed by atoms with E-state index in [4.69, 9.17) is 4.52 Å². The number of nitrogens with zero attached hydrogens (tertiary/aromatic N) is 2. The maximum absolute atomic E-state index is 11.8. The summed E-state index contributed by atoms with van der Waals surface area (Å²) in [5.41, 5.74) is 1.27. The van der Waals surface area contributed by atoms with Crippen LogP contribution >= 0.6 is 0 Å². The van der Waals surface area contributed by atoms with E-state index in [0.29, 0.717) is 17.3 Å². The van der Waals surface area contributed by atoms with Gasteiger partial charge < -0.3 is 9.84 Å². The van der Waals surface area contributed by atoms with Gasteiger partial charge in [0.05, 0.1) is 0 Å². The van der Waals surface area contributed by atoms with Gasteiger partial charge >= 0.3 is 0 Å². The zero-order chi connectivity index (χ0) is 13.1. The molecule has 0 atom stereocenters. The number of carbonyl (C=O) groups excluding carboxylic acids is 1. The van der Waals surface area contributed by atoms with Crippen LogP contribution in [0.3, 0.4) is 0 Å². The van der Waals surface area contributed by atoms with Crippen LogP contribution < -0.4 is 5.32 Å². The molecule has 3 rings (SSSR count). The minimum Gasteiger partial charge on any atom is -0.354 e. The predicted molar refractivity (Wildman–Crippen MR) is 68.5 cm³/mol. The highest BCUT2D eigenvalue weighted by molar-refractivity contribution is 6.02. The number of anilines is 1. The van der Waals surface area contributed by atoms with Crippen molar-refractivity contribution in [3.05, 3.63) is 54.4 Å². The molecule has 3 aromatic rings. The summed E-state index contributed by atoms with van der Waals surface area (Å²) >= 11 is 0. The lowest BCUT2D eigenvalue weighted by Crippen LogP contribution is -2.12. The molecule has 2 aromatic heterocycles. The molecule has 19 heavy (non-hydrogen) atoms. The van der Waals surface area contributed by atoms with E-state index >= 15 is 0 Å². The summed E-state index contributed by atoms with van der Waals surface area (Å²) in [5.74, 6) is 0.643. The second-order valence-electron chi connectivity index (χ2n) is 3.87. The first-order valence-corrected chi connectivity index (χ1v) is 5.66. The third-order valence-electron chi connectivity index (χ3n) is 2.56. The van der Waals surface area contributed by atoms with Gasteiger partial charge in [-0.2, -0.15) is 5.10 Å². The number of rotatable bonds is 3. The molecule has 2 heterocycles. The summed E-state index contributed by atoms with van der Waals surface area (Å²) < 4.78 is 5.18. The summed E-state index contributed by atoms with van der Waals surface area (Å²) in [6.07, 6.45) is 1.51. The Hall–Kier alpha value is -2.89. The molecule has 0 spiro atoms. The highest BCUT2D eigenvalue weighted by atomic mass is 16.5. The number of hydrogen-bond acceptors (Lipinski definition) is 4. The maximum atomic E-state index is 11.8. The highest BCUT2D eigenvalue weighted by Crippen LogP contribution is 2.22. The van der Waals surface area contributed by atoms with E-state index in [1.807, 2.05) is 30.3 Å². The zero-order valence-electron chi connectivity index (χ0n) is 9.83. The number of amides is 1. The van der Waals surface area contributed by atoms with Crippen molar-refractivity contribution >= 4 is 11.7 Å². The van der Waals surface area contributed by atoms with Gasteiger partial charge in [0.25, 0.3) is 5.91 Å². The first-order valence-electron chi connectivity index (χ1n) is 5.66. The Bertz CT molecular complexity index is 674. The smallest absolute Gasteiger partial charge is 0.274 e. The molecule has 0 saturated carbocycles. The van der Waals surface area contributed by atoms with Crippen LogP contribution in [-0.4, -0.2) is 21.3 Å². The fraction of sp³-hybridized carbons (Fsp3) is 0. The van der Waals surface area contributed by atoms with Gasteiger partial charge in [-0.3, -0.25) is 9.89 Å². The molecule has 6 heteroatoms. The van der Waals surface area contributed by atoms with Gasteiger partial charge in [-0.25, -0.2) is 0 Å². The Kier molecular flexibility index (Phi) is 2.82. The fourth-order valence-electron chi connectivity index (χ4n) is 1.64. The molecular formula is C13H10N4O2. The van der Waals surface area contributed by atoms with E-state index < -0.39 is 0 Å². The first kappa shape index (κ1) is 11.2.